The fourth-order valence-electron chi connectivity index (χ4n) is 5.93. The summed E-state index contributed by atoms with van der Waals surface area (Å²) in [5.41, 5.74) is 8.69. The van der Waals surface area contributed by atoms with E-state index in [-0.39, 0.29) is 29.4 Å². The number of nitrogen functional groups attached to an aromatic ring is 1. The van der Waals surface area contributed by atoms with Gasteiger partial charge in [0, 0.05) is 48.2 Å². The summed E-state index contributed by atoms with van der Waals surface area (Å²) in [5.74, 6) is -0.497. The Morgan fingerprint density at radius 3 is 2.73 bits per heavy atom. The molecule has 2 bridgehead atoms. The summed E-state index contributed by atoms with van der Waals surface area (Å²) in [7, 11) is 0. The van der Waals surface area contributed by atoms with Crippen LogP contribution in [0.2, 0.25) is 0 Å². The van der Waals surface area contributed by atoms with Gasteiger partial charge in [0.05, 0.1) is 29.1 Å². The Hall–Kier alpha value is -4.78. The van der Waals surface area contributed by atoms with Crippen molar-refractivity contribution in [2.75, 3.05) is 24.3 Å². The van der Waals surface area contributed by atoms with E-state index >= 15 is 0 Å². The summed E-state index contributed by atoms with van der Waals surface area (Å²) < 4.78 is 47.0. The monoisotopic (exact) mass is 619 g/mol. The molecule has 10 nitrogen and oxygen atoms in total. The van der Waals surface area contributed by atoms with Crippen LogP contribution < -0.4 is 16.4 Å². The molecule has 4 N–H and O–H groups in total. The highest BCUT2D eigenvalue weighted by atomic mass is 19.4. The fraction of sp³-hybridized carbons (Fsp3) is 0.344. The first-order valence-electron chi connectivity index (χ1n) is 14.8. The highest BCUT2D eigenvalue weighted by Gasteiger charge is 2.31. The fourth-order valence-corrected chi connectivity index (χ4v) is 5.93. The maximum absolute atomic E-state index is 13.1. The van der Waals surface area contributed by atoms with E-state index in [1.807, 2.05) is 16.8 Å². The molecule has 1 saturated carbocycles. The molecule has 4 aromatic rings. The van der Waals surface area contributed by atoms with Gasteiger partial charge in [0.1, 0.15) is 17.3 Å². The first-order valence-corrected chi connectivity index (χ1v) is 14.8. The SMILES string of the molecule is Nc1ncc2c3c1c(-c1ccc(C(=O)Nc4cc(C(F)(F)F)ccn4)cc1)nn3[C@@H]1CCC[C@H](C1)NC(=O)CCCOC/C=C/2. The van der Waals surface area contributed by atoms with Crippen LogP contribution in [-0.2, 0) is 15.7 Å². The number of nitrogens with one attached hydrogen (secondary N) is 2. The molecule has 3 aromatic heterocycles. The molecule has 2 aliphatic rings. The summed E-state index contributed by atoms with van der Waals surface area (Å²) in [6, 6.07) is 8.21. The number of benzene rings is 1. The molecule has 2 amide bonds. The Bertz CT molecular complexity index is 1750. The van der Waals surface area contributed by atoms with E-state index < -0.39 is 17.6 Å². The number of nitrogens with zero attached hydrogens (tertiary/aromatic N) is 4. The lowest BCUT2D eigenvalue weighted by molar-refractivity contribution is -0.137. The van der Waals surface area contributed by atoms with Gasteiger partial charge in [-0.15, -0.1) is 0 Å². The van der Waals surface area contributed by atoms with Gasteiger partial charge in [-0.2, -0.15) is 18.3 Å². The molecule has 0 saturated heterocycles. The van der Waals surface area contributed by atoms with Crippen molar-refractivity contribution in [3.63, 3.8) is 0 Å². The van der Waals surface area contributed by atoms with Crippen LogP contribution in [0.15, 0.2) is 54.9 Å². The summed E-state index contributed by atoms with van der Waals surface area (Å²) >= 11 is 0. The molecule has 6 rings (SSSR count). The van der Waals surface area contributed by atoms with Crippen molar-refractivity contribution in [3.05, 3.63) is 71.6 Å². The van der Waals surface area contributed by atoms with Crippen molar-refractivity contribution in [1.82, 2.24) is 25.1 Å². The number of carbonyl (C=O) groups excluding carboxylic acids is 2. The number of anilines is 2. The van der Waals surface area contributed by atoms with E-state index in [0.717, 1.165) is 48.7 Å². The van der Waals surface area contributed by atoms with Gasteiger partial charge in [-0.1, -0.05) is 24.3 Å². The predicted octanol–water partition coefficient (Wildman–Crippen LogP) is 5.77. The molecule has 4 heterocycles. The number of halogens is 3. The number of hydrogen-bond acceptors (Lipinski definition) is 7. The summed E-state index contributed by atoms with van der Waals surface area (Å²) in [5, 5.41) is 11.3. The lowest BCUT2D eigenvalue weighted by Crippen LogP contribution is -2.39. The van der Waals surface area contributed by atoms with Crippen LogP contribution in [0.4, 0.5) is 24.8 Å². The van der Waals surface area contributed by atoms with Crippen molar-refractivity contribution in [3.8, 4) is 11.3 Å². The molecule has 0 radical (unpaired) electrons. The van der Waals surface area contributed by atoms with Gasteiger partial charge in [0.15, 0.2) is 0 Å². The van der Waals surface area contributed by atoms with Gasteiger partial charge in [0.2, 0.25) is 5.91 Å². The third-order valence-electron chi connectivity index (χ3n) is 8.09. The van der Waals surface area contributed by atoms with E-state index in [0.29, 0.717) is 54.9 Å². The molecule has 45 heavy (non-hydrogen) atoms. The zero-order valence-electron chi connectivity index (χ0n) is 24.3. The number of fused-ring (bicyclic) bond motifs is 3. The molecule has 2 atom stereocenters. The second-order valence-corrected chi connectivity index (χ2v) is 11.2. The number of amides is 2. The van der Waals surface area contributed by atoms with Crippen molar-refractivity contribution in [2.45, 2.75) is 56.8 Å². The smallest absolute Gasteiger partial charge is 0.383 e. The third kappa shape index (κ3) is 6.68. The maximum Gasteiger partial charge on any atom is 0.416 e. The van der Waals surface area contributed by atoms with Gasteiger partial charge >= 0.3 is 6.18 Å². The normalized spacial score (nSPS) is 20.1. The number of carbonyl (C=O) groups is 2. The molecule has 0 unspecified atom stereocenters. The topological polar surface area (TPSA) is 137 Å². The van der Waals surface area contributed by atoms with Crippen LogP contribution in [0.5, 0.6) is 0 Å². The number of rotatable bonds is 3. The largest absolute Gasteiger partial charge is 0.416 e. The highest BCUT2D eigenvalue weighted by Crippen LogP contribution is 2.39. The van der Waals surface area contributed by atoms with E-state index in [9.17, 15) is 22.8 Å². The van der Waals surface area contributed by atoms with Gasteiger partial charge < -0.3 is 21.1 Å². The first-order chi connectivity index (χ1) is 21.7. The van der Waals surface area contributed by atoms with Crippen LogP contribution in [-0.4, -0.2) is 50.8 Å². The maximum atomic E-state index is 13.1. The number of aromatic nitrogens is 4. The predicted molar refractivity (Wildman–Crippen MR) is 163 cm³/mol. The molecule has 0 spiro atoms. The summed E-state index contributed by atoms with van der Waals surface area (Å²) in [4.78, 5) is 33.7. The molecule has 234 valence electrons. The highest BCUT2D eigenvalue weighted by molar-refractivity contribution is 6.06. The number of alkyl halides is 3. The number of hydrogen-bond donors (Lipinski definition) is 3. The van der Waals surface area contributed by atoms with Crippen molar-refractivity contribution < 1.29 is 27.5 Å². The second-order valence-electron chi connectivity index (χ2n) is 11.2. The van der Waals surface area contributed by atoms with Crippen molar-refractivity contribution in [1.29, 1.82) is 0 Å². The first kappa shape index (κ1) is 30.3. The Kier molecular flexibility index (Phi) is 8.52. The Morgan fingerprint density at radius 1 is 1.11 bits per heavy atom. The minimum Gasteiger partial charge on any atom is -0.383 e. The van der Waals surface area contributed by atoms with E-state index in [4.69, 9.17) is 15.6 Å². The van der Waals surface area contributed by atoms with Crippen LogP contribution in [0.3, 0.4) is 0 Å². The number of ether oxygens (including phenoxy) is 1. The van der Waals surface area contributed by atoms with E-state index in [1.165, 1.54) is 0 Å². The van der Waals surface area contributed by atoms with Crippen molar-refractivity contribution >= 4 is 40.4 Å². The van der Waals surface area contributed by atoms with Crippen LogP contribution in [0, 0.1) is 0 Å². The molecular weight excluding hydrogens is 587 g/mol. The van der Waals surface area contributed by atoms with Crippen molar-refractivity contribution in [2.24, 2.45) is 0 Å². The molecule has 1 aliphatic heterocycles. The molecule has 1 aromatic carbocycles. The van der Waals surface area contributed by atoms with Gasteiger partial charge in [-0.05, 0) is 56.4 Å². The quantitative estimate of drug-likeness (QED) is 0.265. The molecular formula is C32H32F3N7O3. The number of pyridine rings is 2. The minimum atomic E-state index is -4.56. The minimum absolute atomic E-state index is 0.000593. The standard InChI is InChI=1S/C32H32F3N7O3/c33-32(34,35)22-12-13-37-25(16-22)40-31(44)20-10-8-19(9-11-20)28-27-29-21(18-38-30(27)36)4-2-14-45-15-3-7-26(43)39-23-5-1-6-24(17-23)42(29)41-28/h2,4,8-13,16,18,23-24H,1,3,5-7,14-15,17H2,(H2,36,38)(H,39,43)(H,37,40,44)/b4-2+/t23-,24-/m1/s1. The Labute approximate surface area is 256 Å². The average molecular weight is 620 g/mol. The van der Waals surface area contributed by atoms with Crippen LogP contribution in [0.25, 0.3) is 28.2 Å². The van der Waals surface area contributed by atoms with Gasteiger partial charge in [-0.3, -0.25) is 14.3 Å². The van der Waals surface area contributed by atoms with Gasteiger partial charge in [0.25, 0.3) is 5.91 Å². The Morgan fingerprint density at radius 2 is 1.93 bits per heavy atom. The summed E-state index contributed by atoms with van der Waals surface area (Å²) in [6.45, 7) is 0.854. The number of nitrogens with two attached hydrogens (primary N) is 1. The van der Waals surface area contributed by atoms with E-state index in [1.54, 1.807) is 30.5 Å². The zero-order valence-corrected chi connectivity index (χ0v) is 24.3. The van der Waals surface area contributed by atoms with Crippen LogP contribution in [0.1, 0.15) is 66.1 Å². The van der Waals surface area contributed by atoms with Gasteiger partial charge in [-0.25, -0.2) is 9.97 Å². The Balaban J connectivity index is 1.35. The lowest BCUT2D eigenvalue weighted by Gasteiger charge is -2.30. The molecule has 1 aliphatic carbocycles. The third-order valence-corrected chi connectivity index (χ3v) is 8.09. The second kappa shape index (κ2) is 12.7. The molecule has 13 heteroatoms. The summed E-state index contributed by atoms with van der Waals surface area (Å²) in [6.07, 6.45) is 6.45. The molecule has 1 fully saturated rings. The lowest BCUT2D eigenvalue weighted by atomic mass is 9.90. The van der Waals surface area contributed by atoms with Crippen LogP contribution >= 0.6 is 0 Å². The average Bonchev–Trinajstić information content (AvgIpc) is 3.43. The van der Waals surface area contributed by atoms with E-state index in [2.05, 4.69) is 20.6 Å². The zero-order chi connectivity index (χ0) is 31.6.